The quantitative estimate of drug-likeness (QED) is 0.859. The zero-order valence-corrected chi connectivity index (χ0v) is 13.7. The van der Waals surface area contributed by atoms with Crippen molar-refractivity contribution in [2.24, 2.45) is 5.73 Å². The Bertz CT molecular complexity index is 645. The van der Waals surface area contributed by atoms with Gasteiger partial charge in [-0.3, -0.25) is 0 Å². The summed E-state index contributed by atoms with van der Waals surface area (Å²) < 4.78 is 1.05. The summed E-state index contributed by atoms with van der Waals surface area (Å²) in [5, 5.41) is 0. The van der Waals surface area contributed by atoms with E-state index in [1.165, 1.54) is 5.56 Å². The van der Waals surface area contributed by atoms with E-state index >= 15 is 0 Å². The van der Waals surface area contributed by atoms with E-state index in [9.17, 15) is 0 Å². The van der Waals surface area contributed by atoms with Gasteiger partial charge in [0.2, 0.25) is 5.95 Å². The second kappa shape index (κ2) is 6.28. The normalized spacial score (nSPS) is 10.3. The number of aryl methyl sites for hydroxylation is 1. The number of benzene rings is 1. The Balaban J connectivity index is 2.25. The van der Waals surface area contributed by atoms with Crippen molar-refractivity contribution in [2.75, 3.05) is 11.9 Å². The van der Waals surface area contributed by atoms with Gasteiger partial charge in [0.15, 0.2) is 0 Å². The highest BCUT2D eigenvalue weighted by molar-refractivity contribution is 9.10. The average Bonchev–Trinajstić information content (AvgIpc) is 2.37. The van der Waals surface area contributed by atoms with Crippen LogP contribution < -0.4 is 10.6 Å². The molecule has 1 aromatic carbocycles. The molecule has 0 aliphatic rings. The van der Waals surface area contributed by atoms with Gasteiger partial charge in [-0.25, -0.2) is 9.97 Å². The van der Waals surface area contributed by atoms with Gasteiger partial charge in [0, 0.05) is 23.8 Å². The number of hydrogen-bond acceptors (Lipinski definition) is 4. The van der Waals surface area contributed by atoms with Gasteiger partial charge < -0.3 is 10.6 Å². The third-order valence-electron chi connectivity index (χ3n) is 2.75. The van der Waals surface area contributed by atoms with Gasteiger partial charge >= 0.3 is 0 Å². The van der Waals surface area contributed by atoms with E-state index in [0.717, 1.165) is 10.2 Å². The molecule has 0 saturated heterocycles. The molecular formula is C14H15BrN4S. The summed E-state index contributed by atoms with van der Waals surface area (Å²) >= 11 is 8.44. The molecular weight excluding hydrogens is 336 g/mol. The maximum atomic E-state index is 5.64. The number of nitrogens with zero attached hydrogens (tertiary/aromatic N) is 3. The van der Waals surface area contributed by atoms with Gasteiger partial charge in [0.1, 0.15) is 10.7 Å². The Labute approximate surface area is 132 Å². The maximum absolute atomic E-state index is 5.64. The standard InChI is InChI=1S/C14H15BrN4S/c1-9-6-12(13(16)20)18-14(17-9)19(2)8-10-4-3-5-11(15)7-10/h3-7H,8H2,1-2H3,(H2,16,20). The first-order valence-electron chi connectivity index (χ1n) is 6.07. The van der Waals surface area contributed by atoms with Gasteiger partial charge in [0.05, 0.1) is 0 Å². The van der Waals surface area contributed by atoms with Crippen molar-refractivity contribution in [3.05, 3.63) is 51.8 Å². The molecule has 2 aromatic rings. The highest BCUT2D eigenvalue weighted by atomic mass is 79.9. The van der Waals surface area contributed by atoms with Crippen molar-refractivity contribution in [1.29, 1.82) is 0 Å². The van der Waals surface area contributed by atoms with Gasteiger partial charge in [-0.15, -0.1) is 0 Å². The Morgan fingerprint density at radius 2 is 2.10 bits per heavy atom. The molecule has 104 valence electrons. The third-order valence-corrected chi connectivity index (χ3v) is 3.45. The van der Waals surface area contributed by atoms with Crippen LogP contribution in [0, 0.1) is 6.92 Å². The predicted molar refractivity (Wildman–Crippen MR) is 88.9 cm³/mol. The second-order valence-corrected chi connectivity index (χ2v) is 5.90. The first-order chi connectivity index (χ1) is 9.45. The lowest BCUT2D eigenvalue weighted by Gasteiger charge is -2.18. The molecule has 1 aromatic heterocycles. The van der Waals surface area contributed by atoms with Gasteiger partial charge in [0.25, 0.3) is 0 Å². The van der Waals surface area contributed by atoms with Crippen molar-refractivity contribution < 1.29 is 0 Å². The number of halogens is 1. The summed E-state index contributed by atoms with van der Waals surface area (Å²) in [6, 6.07) is 9.92. The lowest BCUT2D eigenvalue weighted by molar-refractivity contribution is 0.857. The van der Waals surface area contributed by atoms with Crippen molar-refractivity contribution in [1.82, 2.24) is 9.97 Å². The van der Waals surface area contributed by atoms with Crippen molar-refractivity contribution in [3.8, 4) is 0 Å². The molecule has 0 saturated carbocycles. The van der Waals surface area contributed by atoms with E-state index in [1.807, 2.05) is 31.0 Å². The highest BCUT2D eigenvalue weighted by Crippen LogP contribution is 2.16. The minimum Gasteiger partial charge on any atom is -0.388 e. The molecule has 6 heteroatoms. The van der Waals surface area contributed by atoms with E-state index in [1.54, 1.807) is 6.07 Å². The van der Waals surface area contributed by atoms with Crippen LogP contribution in [0.4, 0.5) is 5.95 Å². The molecule has 2 N–H and O–H groups in total. The first kappa shape index (κ1) is 14.9. The number of rotatable bonds is 4. The van der Waals surface area contributed by atoms with Crippen molar-refractivity contribution in [3.63, 3.8) is 0 Å². The van der Waals surface area contributed by atoms with E-state index in [-0.39, 0.29) is 4.99 Å². The van der Waals surface area contributed by atoms with Crippen LogP contribution in [0.25, 0.3) is 0 Å². The molecule has 0 fully saturated rings. The Morgan fingerprint density at radius 3 is 2.75 bits per heavy atom. The van der Waals surface area contributed by atoms with Gasteiger partial charge in [-0.05, 0) is 30.7 Å². The van der Waals surface area contributed by atoms with Crippen LogP contribution >= 0.6 is 28.1 Å². The fraction of sp³-hybridized carbons (Fsp3) is 0.214. The van der Waals surface area contributed by atoms with E-state index in [0.29, 0.717) is 18.2 Å². The summed E-state index contributed by atoms with van der Waals surface area (Å²) in [4.78, 5) is 11.1. The van der Waals surface area contributed by atoms with Crippen LogP contribution in [-0.4, -0.2) is 22.0 Å². The number of aromatic nitrogens is 2. The molecule has 1 heterocycles. The monoisotopic (exact) mass is 350 g/mol. The first-order valence-corrected chi connectivity index (χ1v) is 7.27. The molecule has 4 nitrogen and oxygen atoms in total. The lowest BCUT2D eigenvalue weighted by atomic mass is 10.2. The fourth-order valence-electron chi connectivity index (χ4n) is 1.83. The second-order valence-electron chi connectivity index (χ2n) is 4.54. The summed E-state index contributed by atoms with van der Waals surface area (Å²) in [7, 11) is 1.94. The largest absolute Gasteiger partial charge is 0.388 e. The van der Waals surface area contributed by atoms with Crippen molar-refractivity contribution in [2.45, 2.75) is 13.5 Å². The van der Waals surface area contributed by atoms with E-state index in [4.69, 9.17) is 18.0 Å². The molecule has 0 radical (unpaired) electrons. The van der Waals surface area contributed by atoms with Crippen molar-refractivity contribution >= 4 is 39.1 Å². The fourth-order valence-corrected chi connectivity index (χ4v) is 2.38. The van der Waals surface area contributed by atoms with Crippen LogP contribution in [0.5, 0.6) is 0 Å². The van der Waals surface area contributed by atoms with Gasteiger partial charge in [-0.2, -0.15) is 0 Å². The predicted octanol–water partition coefficient (Wildman–Crippen LogP) is 2.82. The summed E-state index contributed by atoms with van der Waals surface area (Å²) in [5.41, 5.74) is 8.26. The molecule has 0 bridgehead atoms. The number of thiocarbonyl (C=S) groups is 1. The smallest absolute Gasteiger partial charge is 0.226 e. The molecule has 20 heavy (non-hydrogen) atoms. The maximum Gasteiger partial charge on any atom is 0.226 e. The number of hydrogen-bond donors (Lipinski definition) is 1. The van der Waals surface area contributed by atoms with E-state index in [2.05, 4.69) is 38.0 Å². The topological polar surface area (TPSA) is 55.0 Å². The van der Waals surface area contributed by atoms with E-state index < -0.39 is 0 Å². The van der Waals surface area contributed by atoms with Crippen LogP contribution in [0.1, 0.15) is 17.0 Å². The van der Waals surface area contributed by atoms with Crippen LogP contribution in [-0.2, 0) is 6.54 Å². The Kier molecular flexibility index (Phi) is 4.67. The van der Waals surface area contributed by atoms with Crippen LogP contribution in [0.2, 0.25) is 0 Å². The van der Waals surface area contributed by atoms with Crippen LogP contribution in [0.15, 0.2) is 34.8 Å². The molecule has 0 unspecified atom stereocenters. The zero-order chi connectivity index (χ0) is 14.7. The zero-order valence-electron chi connectivity index (χ0n) is 11.3. The summed E-state index contributed by atoms with van der Waals surface area (Å²) in [6.45, 7) is 2.61. The van der Waals surface area contributed by atoms with Crippen LogP contribution in [0.3, 0.4) is 0 Å². The lowest BCUT2D eigenvalue weighted by Crippen LogP contribution is -2.22. The molecule has 0 spiro atoms. The summed E-state index contributed by atoms with van der Waals surface area (Å²) in [5.74, 6) is 0.618. The molecule has 0 amide bonds. The SMILES string of the molecule is Cc1cc(C(N)=S)nc(N(C)Cc2cccc(Br)c2)n1. The molecule has 0 aliphatic carbocycles. The minimum atomic E-state index is 0.285. The Hall–Kier alpha value is -1.53. The average molecular weight is 351 g/mol. The molecule has 0 aliphatic heterocycles. The number of anilines is 1. The Morgan fingerprint density at radius 1 is 1.35 bits per heavy atom. The molecule has 2 rings (SSSR count). The van der Waals surface area contributed by atoms with Gasteiger partial charge in [-0.1, -0.05) is 40.3 Å². The third kappa shape index (κ3) is 3.74. The number of nitrogens with two attached hydrogens (primary N) is 1. The summed E-state index contributed by atoms with van der Waals surface area (Å²) in [6.07, 6.45) is 0. The minimum absolute atomic E-state index is 0.285. The molecule has 0 atom stereocenters. The highest BCUT2D eigenvalue weighted by Gasteiger charge is 2.09.